The lowest BCUT2D eigenvalue weighted by molar-refractivity contribution is -0.385. The van der Waals surface area contributed by atoms with Gasteiger partial charge >= 0.3 is 0 Å². The predicted octanol–water partition coefficient (Wildman–Crippen LogP) is 2.62. The van der Waals surface area contributed by atoms with Gasteiger partial charge in [-0.2, -0.15) is 0 Å². The van der Waals surface area contributed by atoms with E-state index in [0.717, 1.165) is 5.69 Å². The van der Waals surface area contributed by atoms with Crippen molar-refractivity contribution in [3.8, 4) is 0 Å². The van der Waals surface area contributed by atoms with Gasteiger partial charge in [-0.15, -0.1) is 0 Å². The molecule has 0 bridgehead atoms. The summed E-state index contributed by atoms with van der Waals surface area (Å²) in [6.45, 7) is 1.76. The third-order valence-electron chi connectivity index (χ3n) is 2.42. The number of aromatic nitrogens is 1. The highest BCUT2D eigenvalue weighted by molar-refractivity contribution is 5.63. The number of anilines is 3. The third kappa shape index (κ3) is 2.54. The second-order valence-electron chi connectivity index (χ2n) is 3.87. The molecule has 0 fully saturated rings. The van der Waals surface area contributed by atoms with Crippen molar-refractivity contribution in [3.05, 3.63) is 52.2 Å². The Labute approximate surface area is 104 Å². The molecule has 3 N–H and O–H groups in total. The molecule has 0 unspecified atom stereocenters. The lowest BCUT2D eigenvalue weighted by atomic mass is 10.2. The minimum atomic E-state index is -0.468. The molecule has 18 heavy (non-hydrogen) atoms. The van der Waals surface area contributed by atoms with E-state index in [2.05, 4.69) is 10.3 Å². The second kappa shape index (κ2) is 4.70. The number of nitrogens with one attached hydrogen (secondary N) is 1. The van der Waals surface area contributed by atoms with Crippen molar-refractivity contribution >= 4 is 22.9 Å². The van der Waals surface area contributed by atoms with Crippen LogP contribution in [-0.4, -0.2) is 9.91 Å². The number of aryl methyl sites for hydroxylation is 1. The van der Waals surface area contributed by atoms with Crippen LogP contribution in [-0.2, 0) is 0 Å². The van der Waals surface area contributed by atoms with Crippen molar-refractivity contribution in [2.45, 2.75) is 6.92 Å². The minimum Gasteiger partial charge on any atom is -0.399 e. The number of rotatable bonds is 3. The molecule has 0 radical (unpaired) electrons. The smallest absolute Gasteiger partial charge is 0.287 e. The van der Waals surface area contributed by atoms with Crippen LogP contribution in [0.3, 0.4) is 0 Å². The molecule has 0 aliphatic carbocycles. The van der Waals surface area contributed by atoms with Crippen LogP contribution in [0.25, 0.3) is 0 Å². The Hall–Kier alpha value is -2.63. The molecule has 6 nitrogen and oxygen atoms in total. The first kappa shape index (κ1) is 11.8. The molecule has 0 amide bonds. The molecular weight excluding hydrogens is 232 g/mol. The fourth-order valence-corrected chi connectivity index (χ4v) is 1.54. The van der Waals surface area contributed by atoms with Crippen LogP contribution in [0.2, 0.25) is 0 Å². The number of nitrogens with two attached hydrogens (primary N) is 1. The molecule has 0 saturated heterocycles. The van der Waals surface area contributed by atoms with Gasteiger partial charge in [-0.25, -0.2) is 4.98 Å². The van der Waals surface area contributed by atoms with Gasteiger partial charge in [0.15, 0.2) is 0 Å². The highest BCUT2D eigenvalue weighted by atomic mass is 16.6. The van der Waals surface area contributed by atoms with Crippen molar-refractivity contribution in [3.63, 3.8) is 0 Å². The molecule has 6 heteroatoms. The number of pyridine rings is 1. The maximum atomic E-state index is 10.6. The molecule has 0 saturated carbocycles. The number of nitrogen functional groups attached to an aromatic ring is 1. The van der Waals surface area contributed by atoms with Crippen LogP contribution in [0, 0.1) is 17.0 Å². The molecule has 2 aromatic rings. The van der Waals surface area contributed by atoms with Crippen molar-refractivity contribution in [1.29, 1.82) is 0 Å². The maximum Gasteiger partial charge on any atom is 0.287 e. The van der Waals surface area contributed by atoms with Crippen molar-refractivity contribution in [1.82, 2.24) is 4.98 Å². The molecule has 0 aliphatic heterocycles. The average Bonchev–Trinajstić information content (AvgIpc) is 2.31. The standard InChI is InChI=1S/C12H12N4O2/c1-8-5-11(16(17)18)7-14-12(8)15-10-4-2-3-9(13)6-10/h2-7H,13H2,1H3,(H,14,15). The van der Waals surface area contributed by atoms with Crippen LogP contribution in [0.1, 0.15) is 5.56 Å². The van der Waals surface area contributed by atoms with Gasteiger partial charge in [0.05, 0.1) is 4.92 Å². The quantitative estimate of drug-likeness (QED) is 0.491. The lowest BCUT2D eigenvalue weighted by Gasteiger charge is -2.08. The molecule has 1 aromatic carbocycles. The topological polar surface area (TPSA) is 94.1 Å². The van der Waals surface area contributed by atoms with E-state index in [1.165, 1.54) is 12.3 Å². The van der Waals surface area contributed by atoms with Gasteiger partial charge in [0, 0.05) is 17.4 Å². The Kier molecular flexibility index (Phi) is 3.09. The first-order chi connectivity index (χ1) is 8.56. The first-order valence-corrected chi connectivity index (χ1v) is 5.30. The molecule has 2 rings (SSSR count). The number of benzene rings is 1. The van der Waals surface area contributed by atoms with Crippen molar-refractivity contribution in [2.75, 3.05) is 11.1 Å². The van der Waals surface area contributed by atoms with E-state index in [-0.39, 0.29) is 5.69 Å². The molecule has 1 aromatic heterocycles. The molecule has 0 spiro atoms. The van der Waals surface area contributed by atoms with Crippen LogP contribution in [0.5, 0.6) is 0 Å². The molecular formula is C12H12N4O2. The van der Waals surface area contributed by atoms with Crippen LogP contribution in [0.4, 0.5) is 22.9 Å². The van der Waals surface area contributed by atoms with Gasteiger partial charge < -0.3 is 11.1 Å². The van der Waals surface area contributed by atoms with Crippen LogP contribution in [0.15, 0.2) is 36.5 Å². The van der Waals surface area contributed by atoms with Gasteiger partial charge in [0.2, 0.25) is 0 Å². The summed E-state index contributed by atoms with van der Waals surface area (Å²) in [5, 5.41) is 13.7. The van der Waals surface area contributed by atoms with Gasteiger partial charge in [0.1, 0.15) is 12.0 Å². The fraction of sp³-hybridized carbons (Fsp3) is 0.0833. The van der Waals surface area contributed by atoms with Gasteiger partial charge in [-0.05, 0) is 30.7 Å². The van der Waals surface area contributed by atoms with Gasteiger partial charge in [-0.3, -0.25) is 10.1 Å². The maximum absolute atomic E-state index is 10.6. The Bertz CT molecular complexity index is 598. The number of nitrogens with zero attached hydrogens (tertiary/aromatic N) is 2. The van der Waals surface area contributed by atoms with E-state index >= 15 is 0 Å². The summed E-state index contributed by atoms with van der Waals surface area (Å²) in [6.07, 6.45) is 1.22. The first-order valence-electron chi connectivity index (χ1n) is 5.30. The molecule has 0 atom stereocenters. The number of nitro groups is 1. The SMILES string of the molecule is Cc1cc([N+](=O)[O-])cnc1Nc1cccc(N)c1. The monoisotopic (exact) mass is 244 g/mol. The summed E-state index contributed by atoms with van der Waals surface area (Å²) in [7, 11) is 0. The zero-order valence-electron chi connectivity index (χ0n) is 9.75. The molecule has 1 heterocycles. The second-order valence-corrected chi connectivity index (χ2v) is 3.87. The van der Waals surface area contributed by atoms with Crippen molar-refractivity contribution in [2.24, 2.45) is 0 Å². The van der Waals surface area contributed by atoms with Gasteiger partial charge in [0.25, 0.3) is 5.69 Å². The largest absolute Gasteiger partial charge is 0.399 e. The Balaban J connectivity index is 2.27. The Morgan fingerprint density at radius 3 is 2.78 bits per heavy atom. The number of hydrogen-bond acceptors (Lipinski definition) is 5. The summed E-state index contributed by atoms with van der Waals surface area (Å²) >= 11 is 0. The minimum absolute atomic E-state index is 0.0226. The summed E-state index contributed by atoms with van der Waals surface area (Å²) in [5.74, 6) is 0.575. The Morgan fingerprint density at radius 1 is 1.39 bits per heavy atom. The zero-order chi connectivity index (χ0) is 13.1. The Morgan fingerprint density at radius 2 is 2.17 bits per heavy atom. The summed E-state index contributed by atoms with van der Waals surface area (Å²) in [6, 6.07) is 8.68. The van der Waals surface area contributed by atoms with E-state index in [1.807, 2.05) is 12.1 Å². The lowest BCUT2D eigenvalue weighted by Crippen LogP contribution is -1.99. The van der Waals surface area contributed by atoms with Crippen LogP contribution >= 0.6 is 0 Å². The van der Waals surface area contributed by atoms with Crippen LogP contribution < -0.4 is 11.1 Å². The van der Waals surface area contributed by atoms with E-state index < -0.39 is 4.92 Å². The molecule has 92 valence electrons. The average molecular weight is 244 g/mol. The van der Waals surface area contributed by atoms with E-state index in [4.69, 9.17) is 5.73 Å². The summed E-state index contributed by atoms with van der Waals surface area (Å²) in [4.78, 5) is 14.2. The van der Waals surface area contributed by atoms with E-state index in [9.17, 15) is 10.1 Å². The predicted molar refractivity (Wildman–Crippen MR) is 69.8 cm³/mol. The van der Waals surface area contributed by atoms with Gasteiger partial charge in [-0.1, -0.05) is 6.07 Å². The number of hydrogen-bond donors (Lipinski definition) is 2. The fourth-order valence-electron chi connectivity index (χ4n) is 1.54. The van der Waals surface area contributed by atoms with E-state index in [0.29, 0.717) is 17.1 Å². The third-order valence-corrected chi connectivity index (χ3v) is 2.42. The highest BCUT2D eigenvalue weighted by Crippen LogP contribution is 2.22. The summed E-state index contributed by atoms with van der Waals surface area (Å²) < 4.78 is 0. The zero-order valence-corrected chi connectivity index (χ0v) is 9.75. The highest BCUT2D eigenvalue weighted by Gasteiger charge is 2.09. The molecule has 0 aliphatic rings. The van der Waals surface area contributed by atoms with E-state index in [1.54, 1.807) is 19.1 Å². The van der Waals surface area contributed by atoms with Crippen molar-refractivity contribution < 1.29 is 4.92 Å². The summed E-state index contributed by atoms with van der Waals surface area (Å²) in [5.41, 5.74) is 7.77. The normalized spacial score (nSPS) is 10.1.